The van der Waals surface area contributed by atoms with Crippen molar-refractivity contribution in [2.24, 2.45) is 0 Å². The molecule has 22 heavy (non-hydrogen) atoms. The lowest BCUT2D eigenvalue weighted by Crippen LogP contribution is -2.06. The van der Waals surface area contributed by atoms with Gasteiger partial charge < -0.3 is 5.11 Å². The van der Waals surface area contributed by atoms with E-state index in [4.69, 9.17) is 0 Å². The molecule has 0 saturated heterocycles. The zero-order valence-electron chi connectivity index (χ0n) is 11.7. The summed E-state index contributed by atoms with van der Waals surface area (Å²) < 4.78 is 28.1. The van der Waals surface area contributed by atoms with Crippen LogP contribution in [-0.2, 0) is 6.54 Å². The number of aromatic nitrogens is 2. The van der Waals surface area contributed by atoms with Crippen molar-refractivity contribution in [3.8, 4) is 0 Å². The van der Waals surface area contributed by atoms with E-state index in [1.807, 2.05) is 13.0 Å². The molecule has 4 nitrogen and oxygen atoms in total. The van der Waals surface area contributed by atoms with E-state index < -0.39 is 17.6 Å². The summed E-state index contributed by atoms with van der Waals surface area (Å²) >= 11 is 0. The Morgan fingerprint density at radius 1 is 1.23 bits per heavy atom. The number of benzene rings is 2. The zero-order chi connectivity index (χ0) is 15.9. The van der Waals surface area contributed by atoms with Crippen LogP contribution in [0.5, 0.6) is 0 Å². The first kappa shape index (κ1) is 14.2. The maximum Gasteiger partial charge on any atom is 0.357 e. The number of rotatable bonds is 3. The maximum atomic E-state index is 13.8. The molecule has 0 spiro atoms. The third-order valence-electron chi connectivity index (χ3n) is 3.44. The predicted molar refractivity (Wildman–Crippen MR) is 76.9 cm³/mol. The second-order valence-electron chi connectivity index (χ2n) is 5.07. The average molecular weight is 302 g/mol. The molecule has 0 bridgehead atoms. The number of carboxylic acid groups (broad SMARTS) is 1. The molecule has 3 rings (SSSR count). The van der Waals surface area contributed by atoms with Crippen molar-refractivity contribution in [1.82, 2.24) is 9.78 Å². The highest BCUT2D eigenvalue weighted by Gasteiger charge is 2.17. The molecule has 0 amide bonds. The van der Waals surface area contributed by atoms with Gasteiger partial charge in [-0.3, -0.25) is 4.68 Å². The second-order valence-corrected chi connectivity index (χ2v) is 5.07. The minimum absolute atomic E-state index is 0.0267. The standard InChI is InChI=1S/C16H12F2N2O2/c1-9-2-5-14-12(6-9)15(16(21)22)19-20(14)8-10-3-4-11(17)7-13(10)18/h2-7H,8H2,1H3,(H,21,22). The van der Waals surface area contributed by atoms with E-state index in [0.29, 0.717) is 10.9 Å². The van der Waals surface area contributed by atoms with Crippen LogP contribution in [0, 0.1) is 18.6 Å². The summed E-state index contributed by atoms with van der Waals surface area (Å²) in [7, 11) is 0. The van der Waals surface area contributed by atoms with Gasteiger partial charge in [-0.2, -0.15) is 5.10 Å². The SMILES string of the molecule is Cc1ccc2c(c1)c(C(=O)O)nn2Cc1ccc(F)cc1F. The van der Waals surface area contributed by atoms with E-state index in [-0.39, 0.29) is 17.8 Å². The largest absolute Gasteiger partial charge is 0.476 e. The van der Waals surface area contributed by atoms with Crippen LogP contribution in [0.2, 0.25) is 0 Å². The number of aryl methyl sites for hydroxylation is 1. The molecule has 3 aromatic rings. The van der Waals surface area contributed by atoms with Crippen molar-refractivity contribution >= 4 is 16.9 Å². The van der Waals surface area contributed by atoms with Crippen LogP contribution in [0.15, 0.2) is 36.4 Å². The van der Waals surface area contributed by atoms with Crippen LogP contribution in [0.25, 0.3) is 10.9 Å². The molecule has 0 aliphatic carbocycles. The molecule has 0 aliphatic rings. The minimum Gasteiger partial charge on any atom is -0.476 e. The fourth-order valence-corrected chi connectivity index (χ4v) is 2.38. The fourth-order valence-electron chi connectivity index (χ4n) is 2.38. The van der Waals surface area contributed by atoms with Gasteiger partial charge in [0.25, 0.3) is 0 Å². The smallest absolute Gasteiger partial charge is 0.357 e. The highest BCUT2D eigenvalue weighted by atomic mass is 19.1. The van der Waals surface area contributed by atoms with E-state index >= 15 is 0 Å². The number of carboxylic acids is 1. The summed E-state index contributed by atoms with van der Waals surface area (Å²) in [5, 5.41) is 13.8. The second kappa shape index (κ2) is 5.22. The molecular formula is C16H12F2N2O2. The lowest BCUT2D eigenvalue weighted by molar-refractivity contribution is 0.0691. The Kier molecular flexibility index (Phi) is 3.36. The molecule has 0 atom stereocenters. The van der Waals surface area contributed by atoms with Crippen LogP contribution >= 0.6 is 0 Å². The average Bonchev–Trinajstić information content (AvgIpc) is 2.80. The topological polar surface area (TPSA) is 55.1 Å². The molecule has 0 unspecified atom stereocenters. The summed E-state index contributed by atoms with van der Waals surface area (Å²) in [6, 6.07) is 8.57. The number of carbonyl (C=O) groups is 1. The zero-order valence-corrected chi connectivity index (χ0v) is 11.7. The van der Waals surface area contributed by atoms with E-state index in [1.54, 1.807) is 12.1 Å². The first-order valence-corrected chi connectivity index (χ1v) is 6.60. The van der Waals surface area contributed by atoms with Crippen LogP contribution in [0.1, 0.15) is 21.6 Å². The van der Waals surface area contributed by atoms with Gasteiger partial charge in [0.15, 0.2) is 5.69 Å². The molecule has 1 heterocycles. The van der Waals surface area contributed by atoms with Gasteiger partial charge in [-0.1, -0.05) is 17.7 Å². The quantitative estimate of drug-likeness (QED) is 0.807. The van der Waals surface area contributed by atoms with Gasteiger partial charge in [0.05, 0.1) is 12.1 Å². The lowest BCUT2D eigenvalue weighted by atomic mass is 10.1. The Hall–Kier alpha value is -2.76. The molecule has 112 valence electrons. The fraction of sp³-hybridized carbons (Fsp3) is 0.125. The first-order valence-electron chi connectivity index (χ1n) is 6.60. The minimum atomic E-state index is -1.14. The first-order chi connectivity index (χ1) is 10.5. The molecule has 1 N–H and O–H groups in total. The number of nitrogens with zero attached hydrogens (tertiary/aromatic N) is 2. The Bertz CT molecular complexity index is 887. The summed E-state index contributed by atoms with van der Waals surface area (Å²) in [6.07, 6.45) is 0. The van der Waals surface area contributed by atoms with Gasteiger partial charge in [-0.15, -0.1) is 0 Å². The molecule has 0 aliphatic heterocycles. The van der Waals surface area contributed by atoms with Crippen molar-refractivity contribution < 1.29 is 18.7 Å². The summed E-state index contributed by atoms with van der Waals surface area (Å²) in [4.78, 5) is 11.3. The number of hydrogen-bond acceptors (Lipinski definition) is 2. The van der Waals surface area contributed by atoms with Crippen LogP contribution in [0.4, 0.5) is 8.78 Å². The van der Waals surface area contributed by atoms with Gasteiger partial charge in [-0.05, 0) is 25.1 Å². The van der Waals surface area contributed by atoms with Crippen molar-refractivity contribution in [2.75, 3.05) is 0 Å². The van der Waals surface area contributed by atoms with Crippen molar-refractivity contribution in [2.45, 2.75) is 13.5 Å². The highest BCUT2D eigenvalue weighted by molar-refractivity contribution is 6.01. The molecule has 0 fully saturated rings. The highest BCUT2D eigenvalue weighted by Crippen LogP contribution is 2.22. The van der Waals surface area contributed by atoms with Gasteiger partial charge >= 0.3 is 5.97 Å². The third-order valence-corrected chi connectivity index (χ3v) is 3.44. The van der Waals surface area contributed by atoms with Crippen LogP contribution in [0.3, 0.4) is 0 Å². The summed E-state index contributed by atoms with van der Waals surface area (Å²) in [5.41, 5.74) is 1.65. The van der Waals surface area contributed by atoms with Crippen LogP contribution in [-0.4, -0.2) is 20.9 Å². The lowest BCUT2D eigenvalue weighted by Gasteiger charge is -2.05. The van der Waals surface area contributed by atoms with Crippen molar-refractivity contribution in [3.05, 3.63) is 64.9 Å². The number of hydrogen-bond donors (Lipinski definition) is 1. The Morgan fingerprint density at radius 2 is 2.00 bits per heavy atom. The molecule has 0 saturated carbocycles. The Balaban J connectivity index is 2.13. The van der Waals surface area contributed by atoms with Crippen LogP contribution < -0.4 is 0 Å². The monoisotopic (exact) mass is 302 g/mol. The molecule has 1 aromatic heterocycles. The van der Waals surface area contributed by atoms with Gasteiger partial charge in [0.1, 0.15) is 11.6 Å². The van der Waals surface area contributed by atoms with E-state index in [1.165, 1.54) is 10.7 Å². The van der Waals surface area contributed by atoms with E-state index in [0.717, 1.165) is 17.7 Å². The van der Waals surface area contributed by atoms with Gasteiger partial charge in [0.2, 0.25) is 0 Å². The van der Waals surface area contributed by atoms with E-state index in [9.17, 15) is 18.7 Å². The normalized spacial score (nSPS) is 11.0. The Morgan fingerprint density at radius 3 is 2.68 bits per heavy atom. The number of halogens is 2. The molecule has 6 heteroatoms. The van der Waals surface area contributed by atoms with Gasteiger partial charge in [-0.25, -0.2) is 13.6 Å². The third kappa shape index (κ3) is 2.43. The van der Waals surface area contributed by atoms with Crippen molar-refractivity contribution in [3.63, 3.8) is 0 Å². The van der Waals surface area contributed by atoms with Gasteiger partial charge in [0, 0.05) is 17.0 Å². The molecule has 0 radical (unpaired) electrons. The maximum absolute atomic E-state index is 13.8. The van der Waals surface area contributed by atoms with Crippen molar-refractivity contribution in [1.29, 1.82) is 0 Å². The Labute approximate surface area is 124 Å². The molecule has 2 aromatic carbocycles. The summed E-state index contributed by atoms with van der Waals surface area (Å²) in [6.45, 7) is 1.88. The number of aromatic carboxylic acids is 1. The summed E-state index contributed by atoms with van der Waals surface area (Å²) in [5.74, 6) is -2.49. The predicted octanol–water partition coefficient (Wildman–Crippen LogP) is 3.37. The van der Waals surface area contributed by atoms with E-state index in [2.05, 4.69) is 5.10 Å². The number of fused-ring (bicyclic) bond motifs is 1. The molecular weight excluding hydrogens is 290 g/mol.